The fourth-order valence-corrected chi connectivity index (χ4v) is 4.02. The summed E-state index contributed by atoms with van der Waals surface area (Å²) < 4.78 is 23.1. The smallest absolute Gasteiger partial charge is 0.316 e. The highest BCUT2D eigenvalue weighted by molar-refractivity contribution is 6.10. The van der Waals surface area contributed by atoms with Gasteiger partial charge in [0.15, 0.2) is 5.76 Å². The van der Waals surface area contributed by atoms with E-state index >= 15 is 0 Å². The van der Waals surface area contributed by atoms with Gasteiger partial charge in [0.05, 0.1) is 25.0 Å². The Morgan fingerprint density at radius 2 is 1.17 bits per heavy atom. The van der Waals surface area contributed by atoms with Crippen LogP contribution in [0, 0.1) is 10.8 Å². The third-order valence-corrected chi connectivity index (χ3v) is 6.50. The number of Topliss-reactive ketones (excluding diaryl/α,β-unsaturated/α-hetero) is 1. The Kier molecular flexibility index (Phi) is 10.1. The van der Waals surface area contributed by atoms with Gasteiger partial charge >= 0.3 is 11.9 Å². The van der Waals surface area contributed by atoms with Gasteiger partial charge < -0.3 is 18.9 Å². The van der Waals surface area contributed by atoms with E-state index < -0.39 is 21.7 Å². The topological polar surface area (TPSA) is 88.1 Å². The van der Waals surface area contributed by atoms with Crippen LogP contribution in [0.5, 0.6) is 17.2 Å². The minimum absolute atomic E-state index is 0.0897. The summed E-state index contributed by atoms with van der Waals surface area (Å²) in [4.78, 5) is 38.9. The Labute approximate surface area is 251 Å². The summed E-state index contributed by atoms with van der Waals surface area (Å²) >= 11 is 0. The van der Waals surface area contributed by atoms with Gasteiger partial charge in [-0.1, -0.05) is 41.5 Å². The molecule has 0 aliphatic rings. The van der Waals surface area contributed by atoms with Crippen LogP contribution in [-0.4, -0.2) is 31.9 Å². The number of ketones is 1. The number of hydrogen-bond acceptors (Lipinski definition) is 7. The molecule has 2 aromatic rings. The monoisotopic (exact) mass is 580 g/mol. The van der Waals surface area contributed by atoms with Gasteiger partial charge in [0.1, 0.15) is 17.2 Å². The summed E-state index contributed by atoms with van der Waals surface area (Å²) in [7, 11) is 2.99. The molecular formula is C35H48O7. The fraction of sp³-hybridized carbons (Fsp3) is 0.514. The van der Waals surface area contributed by atoms with E-state index in [0.717, 1.165) is 5.56 Å². The molecule has 2 aromatic carbocycles. The van der Waals surface area contributed by atoms with Crippen LogP contribution in [0.25, 0.3) is 6.08 Å². The maximum absolute atomic E-state index is 13.5. The third kappa shape index (κ3) is 8.24. The second-order valence-corrected chi connectivity index (χ2v) is 14.6. The zero-order chi connectivity index (χ0) is 32.4. The van der Waals surface area contributed by atoms with E-state index in [4.69, 9.17) is 18.9 Å². The molecule has 0 atom stereocenters. The lowest BCUT2D eigenvalue weighted by atomic mass is 9.77. The van der Waals surface area contributed by atoms with Crippen LogP contribution in [0.3, 0.4) is 0 Å². The van der Waals surface area contributed by atoms with Crippen molar-refractivity contribution in [1.29, 1.82) is 0 Å². The molecule has 230 valence electrons. The number of carbonyl (C=O) groups excluding carboxylic acids is 3. The summed E-state index contributed by atoms with van der Waals surface area (Å²) in [5, 5.41) is 0. The highest BCUT2D eigenvalue weighted by atomic mass is 16.5. The number of rotatable bonds is 7. The maximum Gasteiger partial charge on any atom is 0.316 e. The molecule has 2 rings (SSSR count). The predicted octanol–water partition coefficient (Wildman–Crippen LogP) is 8.06. The summed E-state index contributed by atoms with van der Waals surface area (Å²) in [5.74, 6) is 0.313. The highest BCUT2D eigenvalue weighted by Gasteiger charge is 2.35. The first-order valence-electron chi connectivity index (χ1n) is 14.1. The molecule has 0 fully saturated rings. The molecule has 0 saturated heterocycles. The van der Waals surface area contributed by atoms with E-state index in [2.05, 4.69) is 0 Å². The zero-order valence-electron chi connectivity index (χ0n) is 27.8. The van der Waals surface area contributed by atoms with Crippen LogP contribution in [0.2, 0.25) is 0 Å². The lowest BCUT2D eigenvalue weighted by molar-refractivity contribution is -0.143. The number of methoxy groups -OCH3 is 2. The van der Waals surface area contributed by atoms with E-state index in [0.29, 0.717) is 33.9 Å². The van der Waals surface area contributed by atoms with Gasteiger partial charge in [-0.15, -0.1) is 0 Å². The molecule has 42 heavy (non-hydrogen) atoms. The third-order valence-electron chi connectivity index (χ3n) is 6.50. The standard InChI is InChI=1S/C35H48O7/c1-32(2,3)24-19-22(28(40-14)26(33(4,5)6)29(24)42-31(38)35(10,11)12)20-25(39-13)27(36)21-15-17-23(18-16-21)41-30(37)34(7,8)9/h15-20H,1-14H3. The van der Waals surface area contributed by atoms with Crippen molar-refractivity contribution in [3.05, 3.63) is 58.3 Å². The Morgan fingerprint density at radius 3 is 1.57 bits per heavy atom. The molecule has 0 radical (unpaired) electrons. The Balaban J connectivity index is 2.73. The van der Waals surface area contributed by atoms with Gasteiger partial charge in [0.2, 0.25) is 5.78 Å². The van der Waals surface area contributed by atoms with Crippen LogP contribution < -0.4 is 14.2 Å². The van der Waals surface area contributed by atoms with Crippen LogP contribution in [-0.2, 0) is 25.2 Å². The van der Waals surface area contributed by atoms with Crippen LogP contribution >= 0.6 is 0 Å². The van der Waals surface area contributed by atoms with Crippen LogP contribution in [0.4, 0.5) is 0 Å². The molecule has 0 unspecified atom stereocenters. The SMILES string of the molecule is COC(=Cc1cc(C(C)(C)C)c(OC(=O)C(C)(C)C)c(C(C)(C)C)c1OC)C(=O)c1ccc(OC(=O)C(C)(C)C)cc1. The molecule has 0 bridgehead atoms. The average Bonchev–Trinajstić information content (AvgIpc) is 2.84. The van der Waals surface area contributed by atoms with Crippen molar-refractivity contribution in [2.75, 3.05) is 14.2 Å². The Bertz CT molecular complexity index is 1350. The first-order chi connectivity index (χ1) is 19.0. The predicted molar refractivity (Wildman–Crippen MR) is 166 cm³/mol. The van der Waals surface area contributed by atoms with Crippen molar-refractivity contribution in [2.45, 2.75) is 93.9 Å². The molecule has 0 spiro atoms. The molecule has 7 heteroatoms. The zero-order valence-corrected chi connectivity index (χ0v) is 27.8. The van der Waals surface area contributed by atoms with Gasteiger partial charge in [-0.25, -0.2) is 0 Å². The van der Waals surface area contributed by atoms with Crippen LogP contribution in [0.1, 0.15) is 110 Å². The Morgan fingerprint density at radius 1 is 0.667 bits per heavy atom. The van der Waals surface area contributed by atoms with E-state index in [1.165, 1.54) is 7.11 Å². The lowest BCUT2D eigenvalue weighted by Crippen LogP contribution is -2.29. The molecule has 0 saturated carbocycles. The lowest BCUT2D eigenvalue weighted by Gasteiger charge is -2.32. The second kappa shape index (κ2) is 12.3. The van der Waals surface area contributed by atoms with Gasteiger partial charge in [0, 0.05) is 22.3 Å². The summed E-state index contributed by atoms with van der Waals surface area (Å²) in [6.07, 6.45) is 1.65. The highest BCUT2D eigenvalue weighted by Crippen LogP contribution is 2.48. The minimum atomic E-state index is -0.716. The molecular weight excluding hydrogens is 532 g/mol. The molecule has 0 aliphatic heterocycles. The Hall–Kier alpha value is -3.61. The van der Waals surface area contributed by atoms with E-state index in [9.17, 15) is 14.4 Å². The maximum atomic E-state index is 13.5. The van der Waals surface area contributed by atoms with E-state index in [-0.39, 0.29) is 23.5 Å². The number of ether oxygens (including phenoxy) is 4. The summed E-state index contributed by atoms with van der Waals surface area (Å²) in [5.41, 5.74) is 0.216. The summed E-state index contributed by atoms with van der Waals surface area (Å²) in [6, 6.07) is 8.24. The first kappa shape index (κ1) is 34.6. The number of hydrogen-bond donors (Lipinski definition) is 0. The fourth-order valence-electron chi connectivity index (χ4n) is 4.02. The quantitative estimate of drug-likeness (QED) is 0.108. The van der Waals surface area contributed by atoms with Gasteiger partial charge in [0.25, 0.3) is 0 Å². The van der Waals surface area contributed by atoms with Crippen molar-refractivity contribution in [3.8, 4) is 17.2 Å². The van der Waals surface area contributed by atoms with Crippen molar-refractivity contribution in [3.63, 3.8) is 0 Å². The van der Waals surface area contributed by atoms with Crippen molar-refractivity contribution >= 4 is 23.8 Å². The molecule has 0 amide bonds. The van der Waals surface area contributed by atoms with Gasteiger partial charge in [-0.2, -0.15) is 0 Å². The molecule has 7 nitrogen and oxygen atoms in total. The minimum Gasteiger partial charge on any atom is -0.496 e. The van der Waals surface area contributed by atoms with Gasteiger partial charge in [-0.3, -0.25) is 14.4 Å². The number of allylic oxidation sites excluding steroid dienone is 1. The molecule has 0 heterocycles. The van der Waals surface area contributed by atoms with Crippen molar-refractivity contribution in [1.82, 2.24) is 0 Å². The number of esters is 2. The second-order valence-electron chi connectivity index (χ2n) is 14.6. The summed E-state index contributed by atoms with van der Waals surface area (Å²) in [6.45, 7) is 23.0. The largest absolute Gasteiger partial charge is 0.496 e. The first-order valence-corrected chi connectivity index (χ1v) is 14.1. The van der Waals surface area contributed by atoms with Crippen molar-refractivity contribution < 1.29 is 33.3 Å². The van der Waals surface area contributed by atoms with Crippen molar-refractivity contribution in [2.24, 2.45) is 10.8 Å². The average molecular weight is 581 g/mol. The molecule has 0 aromatic heterocycles. The molecule has 0 aliphatic carbocycles. The van der Waals surface area contributed by atoms with E-state index in [1.807, 2.05) is 68.4 Å². The van der Waals surface area contributed by atoms with Crippen LogP contribution in [0.15, 0.2) is 36.1 Å². The molecule has 0 N–H and O–H groups in total. The number of benzene rings is 2. The van der Waals surface area contributed by atoms with Gasteiger partial charge in [-0.05, 0) is 88.8 Å². The van der Waals surface area contributed by atoms with E-state index in [1.54, 1.807) is 58.2 Å². The number of carbonyl (C=O) groups is 3. The normalized spacial score (nSPS) is 13.0.